The highest BCUT2D eigenvalue weighted by atomic mass is 16.2. The maximum Gasteiger partial charge on any atom is 0.239 e. The Morgan fingerprint density at radius 1 is 1.28 bits per heavy atom. The van der Waals surface area contributed by atoms with Gasteiger partial charge in [-0.1, -0.05) is 45.0 Å². The minimum Gasteiger partial charge on any atom is -0.340 e. The zero-order valence-electron chi connectivity index (χ0n) is 12.0. The highest BCUT2D eigenvalue weighted by Crippen LogP contribution is 2.22. The van der Waals surface area contributed by atoms with Crippen LogP contribution in [0.5, 0.6) is 0 Å². The normalized spacial score (nSPS) is 13.2. The molecular weight excluding hydrogens is 224 g/mol. The van der Waals surface area contributed by atoms with Gasteiger partial charge < -0.3 is 10.6 Å². The first-order valence-electron chi connectivity index (χ1n) is 6.32. The molecule has 1 aromatic rings. The largest absolute Gasteiger partial charge is 0.340 e. The van der Waals surface area contributed by atoms with Crippen LogP contribution in [-0.4, -0.2) is 23.9 Å². The number of nitrogens with two attached hydrogens (primary N) is 1. The van der Waals surface area contributed by atoms with E-state index in [9.17, 15) is 4.79 Å². The maximum absolute atomic E-state index is 11.7. The van der Waals surface area contributed by atoms with Crippen molar-refractivity contribution in [3.8, 4) is 0 Å². The Labute approximate surface area is 110 Å². The van der Waals surface area contributed by atoms with Crippen LogP contribution in [0.15, 0.2) is 24.3 Å². The van der Waals surface area contributed by atoms with Crippen LogP contribution in [0.25, 0.3) is 0 Å². The number of nitrogens with zero attached hydrogens (tertiary/aromatic N) is 1. The molecule has 0 fully saturated rings. The van der Waals surface area contributed by atoms with Crippen LogP contribution in [0.2, 0.25) is 0 Å². The summed E-state index contributed by atoms with van der Waals surface area (Å²) >= 11 is 0. The molecule has 1 atom stereocenters. The summed E-state index contributed by atoms with van der Waals surface area (Å²) in [5.74, 6) is -0.0325. The number of amides is 1. The van der Waals surface area contributed by atoms with Gasteiger partial charge in [0.15, 0.2) is 0 Å². The Kier molecular flexibility index (Phi) is 4.52. The second kappa shape index (κ2) is 5.53. The fourth-order valence-electron chi connectivity index (χ4n) is 1.81. The molecule has 1 amide bonds. The molecule has 0 aromatic heterocycles. The number of likely N-dealkylation sites (N-methyl/N-ethyl adjacent to an activating group) is 1. The predicted molar refractivity (Wildman–Crippen MR) is 75.3 cm³/mol. The van der Waals surface area contributed by atoms with Crippen molar-refractivity contribution < 1.29 is 4.79 Å². The van der Waals surface area contributed by atoms with Gasteiger partial charge in [0.25, 0.3) is 0 Å². The molecule has 100 valence electrons. The molecule has 3 heteroatoms. The highest BCUT2D eigenvalue weighted by Gasteiger charge is 2.15. The van der Waals surface area contributed by atoms with Gasteiger partial charge in [-0.3, -0.25) is 4.79 Å². The third-order valence-electron chi connectivity index (χ3n) is 3.01. The number of carbonyl (C=O) groups excluding carboxylic acids is 1. The predicted octanol–water partition coefficient (Wildman–Crippen LogP) is 2.29. The van der Waals surface area contributed by atoms with E-state index in [4.69, 9.17) is 5.73 Å². The molecule has 1 rings (SSSR count). The van der Waals surface area contributed by atoms with E-state index < -0.39 is 6.04 Å². The molecule has 0 saturated carbocycles. The lowest BCUT2D eigenvalue weighted by molar-refractivity contribution is -0.131. The second-order valence-corrected chi connectivity index (χ2v) is 5.93. The van der Waals surface area contributed by atoms with Crippen LogP contribution in [0.1, 0.15) is 38.8 Å². The van der Waals surface area contributed by atoms with Crippen LogP contribution in [0, 0.1) is 0 Å². The lowest BCUT2D eigenvalue weighted by Gasteiger charge is -2.21. The monoisotopic (exact) mass is 248 g/mol. The van der Waals surface area contributed by atoms with Gasteiger partial charge in [0, 0.05) is 13.6 Å². The van der Waals surface area contributed by atoms with Crippen molar-refractivity contribution in [2.24, 2.45) is 5.73 Å². The quantitative estimate of drug-likeness (QED) is 0.892. The van der Waals surface area contributed by atoms with E-state index >= 15 is 0 Å². The number of benzene rings is 1. The van der Waals surface area contributed by atoms with E-state index in [0.29, 0.717) is 6.54 Å². The number of hydrogen-bond acceptors (Lipinski definition) is 2. The van der Waals surface area contributed by atoms with E-state index in [1.807, 2.05) is 0 Å². The third kappa shape index (κ3) is 3.84. The van der Waals surface area contributed by atoms with Crippen molar-refractivity contribution in [1.82, 2.24) is 4.90 Å². The summed E-state index contributed by atoms with van der Waals surface area (Å²) in [6.45, 7) is 8.88. The summed E-state index contributed by atoms with van der Waals surface area (Å²) < 4.78 is 0. The van der Waals surface area contributed by atoms with Gasteiger partial charge in [-0.25, -0.2) is 0 Å². The molecule has 0 radical (unpaired) electrons. The van der Waals surface area contributed by atoms with Gasteiger partial charge in [0.1, 0.15) is 0 Å². The van der Waals surface area contributed by atoms with Crippen molar-refractivity contribution in [1.29, 1.82) is 0 Å². The maximum atomic E-state index is 11.7. The summed E-state index contributed by atoms with van der Waals surface area (Å²) in [7, 11) is 1.78. The summed E-state index contributed by atoms with van der Waals surface area (Å²) in [4.78, 5) is 13.3. The van der Waals surface area contributed by atoms with E-state index in [0.717, 1.165) is 5.56 Å². The Hall–Kier alpha value is -1.35. The number of carbonyl (C=O) groups is 1. The molecule has 3 nitrogen and oxygen atoms in total. The first-order chi connectivity index (χ1) is 8.21. The van der Waals surface area contributed by atoms with Crippen molar-refractivity contribution in [2.45, 2.75) is 45.7 Å². The zero-order valence-corrected chi connectivity index (χ0v) is 12.0. The van der Waals surface area contributed by atoms with E-state index in [2.05, 4.69) is 45.0 Å². The first-order valence-corrected chi connectivity index (χ1v) is 6.32. The summed E-state index contributed by atoms with van der Waals surface area (Å²) in [5, 5.41) is 0. The van der Waals surface area contributed by atoms with E-state index in [-0.39, 0.29) is 11.3 Å². The number of hydrogen-bond donors (Lipinski definition) is 1. The van der Waals surface area contributed by atoms with Crippen LogP contribution >= 0.6 is 0 Å². The third-order valence-corrected chi connectivity index (χ3v) is 3.01. The molecule has 0 unspecified atom stereocenters. The van der Waals surface area contributed by atoms with E-state index in [1.165, 1.54) is 5.56 Å². The molecule has 0 bridgehead atoms. The average Bonchev–Trinajstić information content (AvgIpc) is 2.27. The summed E-state index contributed by atoms with van der Waals surface area (Å²) in [6, 6.07) is 7.96. The second-order valence-electron chi connectivity index (χ2n) is 5.93. The molecular formula is C15H24N2O. The minimum absolute atomic E-state index is 0.0325. The molecule has 1 aromatic carbocycles. The fourth-order valence-corrected chi connectivity index (χ4v) is 1.81. The Balaban J connectivity index is 2.73. The molecule has 0 aliphatic carbocycles. The molecule has 18 heavy (non-hydrogen) atoms. The zero-order chi connectivity index (χ0) is 13.9. The molecule has 2 N–H and O–H groups in total. The molecule has 0 heterocycles. The minimum atomic E-state index is -0.441. The summed E-state index contributed by atoms with van der Waals surface area (Å²) in [5.41, 5.74) is 8.16. The van der Waals surface area contributed by atoms with Crippen LogP contribution in [0.4, 0.5) is 0 Å². The molecule has 0 saturated heterocycles. The van der Waals surface area contributed by atoms with Crippen molar-refractivity contribution in [3.63, 3.8) is 0 Å². The van der Waals surface area contributed by atoms with Gasteiger partial charge in [-0.05, 0) is 23.5 Å². The smallest absolute Gasteiger partial charge is 0.239 e. The van der Waals surface area contributed by atoms with Gasteiger partial charge in [-0.15, -0.1) is 0 Å². The van der Waals surface area contributed by atoms with Crippen LogP contribution in [-0.2, 0) is 16.8 Å². The van der Waals surface area contributed by atoms with Crippen LogP contribution in [0.3, 0.4) is 0 Å². The van der Waals surface area contributed by atoms with Gasteiger partial charge in [0.05, 0.1) is 6.04 Å². The first kappa shape index (κ1) is 14.7. The van der Waals surface area contributed by atoms with Gasteiger partial charge in [0.2, 0.25) is 5.91 Å². The standard InChI is InChI=1S/C15H24N2O/c1-11(16)14(18)17(5)10-12-6-8-13(9-7-12)15(2,3)4/h6-9,11H,10,16H2,1-5H3/t11-/m0/s1. The summed E-state index contributed by atoms with van der Waals surface area (Å²) in [6.07, 6.45) is 0. The van der Waals surface area contributed by atoms with Crippen molar-refractivity contribution in [3.05, 3.63) is 35.4 Å². The van der Waals surface area contributed by atoms with Gasteiger partial charge >= 0.3 is 0 Å². The lowest BCUT2D eigenvalue weighted by atomic mass is 9.87. The van der Waals surface area contributed by atoms with Crippen molar-refractivity contribution in [2.75, 3.05) is 7.05 Å². The van der Waals surface area contributed by atoms with Crippen LogP contribution < -0.4 is 5.73 Å². The fraction of sp³-hybridized carbons (Fsp3) is 0.533. The SMILES string of the molecule is C[C@H](N)C(=O)N(C)Cc1ccc(C(C)(C)C)cc1. The highest BCUT2D eigenvalue weighted by molar-refractivity contribution is 5.80. The Morgan fingerprint density at radius 3 is 2.17 bits per heavy atom. The Morgan fingerprint density at radius 2 is 1.78 bits per heavy atom. The molecule has 0 spiro atoms. The number of rotatable bonds is 3. The molecule has 0 aliphatic heterocycles. The van der Waals surface area contributed by atoms with E-state index in [1.54, 1.807) is 18.9 Å². The molecule has 0 aliphatic rings. The topological polar surface area (TPSA) is 46.3 Å². The van der Waals surface area contributed by atoms with Gasteiger partial charge in [-0.2, -0.15) is 0 Å². The van der Waals surface area contributed by atoms with Crippen molar-refractivity contribution >= 4 is 5.91 Å². The average molecular weight is 248 g/mol. The Bertz CT molecular complexity index is 401. The lowest BCUT2D eigenvalue weighted by Crippen LogP contribution is -2.39.